The topological polar surface area (TPSA) is 29.5 Å². The van der Waals surface area contributed by atoms with Crippen LogP contribution in [0.2, 0.25) is 0 Å². The van der Waals surface area contributed by atoms with Gasteiger partial charge in [-0.05, 0) is 54.0 Å². The van der Waals surface area contributed by atoms with Gasteiger partial charge in [0.2, 0.25) is 0 Å². The van der Waals surface area contributed by atoms with Gasteiger partial charge in [-0.3, -0.25) is 9.69 Å². The van der Waals surface area contributed by atoms with Crippen molar-refractivity contribution in [1.82, 2.24) is 4.90 Å². The number of piperidine rings is 1. The predicted octanol–water partition coefficient (Wildman–Crippen LogP) is 3.11. The fourth-order valence-corrected chi connectivity index (χ4v) is 2.80. The van der Waals surface area contributed by atoms with E-state index in [2.05, 4.69) is 15.9 Å². The molecule has 1 heterocycles. The second-order valence-electron chi connectivity index (χ2n) is 4.90. The molecule has 1 aliphatic rings. The van der Waals surface area contributed by atoms with Crippen LogP contribution in [0.5, 0.6) is 0 Å². The molecule has 0 radical (unpaired) electrons. The highest BCUT2D eigenvalue weighted by atomic mass is 79.9. The molecule has 0 aliphatic carbocycles. The van der Waals surface area contributed by atoms with E-state index in [-0.39, 0.29) is 28.5 Å². The van der Waals surface area contributed by atoms with E-state index in [1.807, 2.05) is 4.90 Å². The Balaban J connectivity index is 2.00. The maximum absolute atomic E-state index is 13.9. The lowest BCUT2D eigenvalue weighted by molar-refractivity contribution is -0.147. The zero-order chi connectivity index (χ0) is 14.7. The molecule has 1 aromatic carbocycles. The van der Waals surface area contributed by atoms with Crippen molar-refractivity contribution in [3.63, 3.8) is 0 Å². The van der Waals surface area contributed by atoms with Gasteiger partial charge >= 0.3 is 5.97 Å². The summed E-state index contributed by atoms with van der Waals surface area (Å²) in [6, 6.07) is 2.61. The number of hydrogen-bond acceptors (Lipinski definition) is 3. The number of methoxy groups -OCH3 is 1. The van der Waals surface area contributed by atoms with Crippen LogP contribution in [-0.2, 0) is 16.1 Å². The molecule has 0 atom stereocenters. The molecule has 0 amide bonds. The van der Waals surface area contributed by atoms with E-state index >= 15 is 0 Å². The monoisotopic (exact) mass is 347 g/mol. The number of hydrogen-bond donors (Lipinski definition) is 0. The molecule has 2 rings (SSSR count). The molecule has 110 valence electrons. The number of nitrogens with zero attached hydrogens (tertiary/aromatic N) is 1. The number of carbonyl (C=O) groups is 1. The van der Waals surface area contributed by atoms with Crippen LogP contribution in [0, 0.1) is 17.6 Å². The molecule has 1 saturated heterocycles. The minimum absolute atomic E-state index is 0.0656. The van der Waals surface area contributed by atoms with E-state index in [4.69, 9.17) is 4.74 Å². The summed E-state index contributed by atoms with van der Waals surface area (Å²) in [5.74, 6) is -1.40. The zero-order valence-electron chi connectivity index (χ0n) is 11.2. The van der Waals surface area contributed by atoms with Crippen LogP contribution in [0.25, 0.3) is 0 Å². The number of benzene rings is 1. The van der Waals surface area contributed by atoms with Gasteiger partial charge in [-0.1, -0.05) is 0 Å². The standard InChI is InChI=1S/C14H16BrF2NO2/c1-20-14(19)9-4-6-18(7-5-9)8-10-12(16)3-2-11(15)13(10)17/h2-3,9H,4-8H2,1H3. The maximum atomic E-state index is 13.9. The second kappa shape index (κ2) is 6.63. The normalized spacial score (nSPS) is 17.2. The molecule has 1 aliphatic heterocycles. The molecule has 0 aromatic heterocycles. The summed E-state index contributed by atoms with van der Waals surface area (Å²) in [5.41, 5.74) is 0.0656. The van der Waals surface area contributed by atoms with Crippen molar-refractivity contribution in [2.45, 2.75) is 19.4 Å². The quantitative estimate of drug-likeness (QED) is 0.621. The summed E-state index contributed by atoms with van der Waals surface area (Å²) in [6.45, 7) is 1.47. The van der Waals surface area contributed by atoms with Crippen molar-refractivity contribution in [3.05, 3.63) is 33.8 Å². The maximum Gasteiger partial charge on any atom is 0.308 e. The third kappa shape index (κ3) is 3.35. The summed E-state index contributed by atoms with van der Waals surface area (Å²) in [5, 5.41) is 0. The van der Waals surface area contributed by atoms with Crippen molar-refractivity contribution in [1.29, 1.82) is 0 Å². The van der Waals surface area contributed by atoms with Gasteiger partial charge in [0.25, 0.3) is 0 Å². The second-order valence-corrected chi connectivity index (χ2v) is 5.75. The molecule has 1 aromatic rings. The van der Waals surface area contributed by atoms with Crippen LogP contribution < -0.4 is 0 Å². The third-order valence-electron chi connectivity index (χ3n) is 3.64. The molecule has 0 spiro atoms. The lowest BCUT2D eigenvalue weighted by Gasteiger charge is -2.30. The summed E-state index contributed by atoms with van der Waals surface area (Å²) >= 11 is 3.06. The molecule has 0 saturated carbocycles. The molecule has 3 nitrogen and oxygen atoms in total. The average molecular weight is 348 g/mol. The molecule has 0 N–H and O–H groups in total. The Morgan fingerprint density at radius 1 is 1.40 bits per heavy atom. The Hall–Kier alpha value is -1.01. The van der Waals surface area contributed by atoms with E-state index in [1.165, 1.54) is 19.2 Å². The van der Waals surface area contributed by atoms with E-state index in [0.29, 0.717) is 25.9 Å². The largest absolute Gasteiger partial charge is 0.469 e. The summed E-state index contributed by atoms with van der Waals surface area (Å²) in [4.78, 5) is 13.4. The first-order chi connectivity index (χ1) is 9.52. The van der Waals surface area contributed by atoms with E-state index in [0.717, 1.165) is 0 Å². The van der Waals surface area contributed by atoms with Crippen LogP contribution >= 0.6 is 15.9 Å². The Labute approximate surface area is 125 Å². The predicted molar refractivity (Wildman–Crippen MR) is 74.1 cm³/mol. The van der Waals surface area contributed by atoms with Crippen LogP contribution in [0.3, 0.4) is 0 Å². The fourth-order valence-electron chi connectivity index (χ4n) is 2.43. The summed E-state index contributed by atoms with van der Waals surface area (Å²) in [7, 11) is 1.38. The van der Waals surface area contributed by atoms with Gasteiger partial charge in [0.1, 0.15) is 11.6 Å². The number of likely N-dealkylation sites (tertiary alicyclic amines) is 1. The van der Waals surface area contributed by atoms with Gasteiger partial charge in [-0.25, -0.2) is 8.78 Å². The fraction of sp³-hybridized carbons (Fsp3) is 0.500. The minimum Gasteiger partial charge on any atom is -0.469 e. The van der Waals surface area contributed by atoms with Gasteiger partial charge in [0.05, 0.1) is 17.5 Å². The first-order valence-electron chi connectivity index (χ1n) is 6.45. The molecular weight excluding hydrogens is 332 g/mol. The van der Waals surface area contributed by atoms with E-state index < -0.39 is 11.6 Å². The Bertz CT molecular complexity index is 502. The Kier molecular flexibility index (Phi) is 5.10. The first kappa shape index (κ1) is 15.4. The summed E-state index contributed by atoms with van der Waals surface area (Å²) < 4.78 is 32.5. The van der Waals surface area contributed by atoms with Crippen LogP contribution in [0.4, 0.5) is 8.78 Å². The van der Waals surface area contributed by atoms with E-state index in [9.17, 15) is 13.6 Å². The molecule has 20 heavy (non-hydrogen) atoms. The Morgan fingerprint density at radius 3 is 2.65 bits per heavy atom. The van der Waals surface area contributed by atoms with E-state index in [1.54, 1.807) is 0 Å². The average Bonchev–Trinajstić information content (AvgIpc) is 2.47. The van der Waals surface area contributed by atoms with Crippen molar-refractivity contribution in [2.75, 3.05) is 20.2 Å². The van der Waals surface area contributed by atoms with Crippen molar-refractivity contribution in [2.24, 2.45) is 5.92 Å². The third-order valence-corrected chi connectivity index (χ3v) is 4.26. The smallest absolute Gasteiger partial charge is 0.308 e. The van der Waals surface area contributed by atoms with Gasteiger partial charge in [0.15, 0.2) is 0 Å². The number of halogens is 3. The van der Waals surface area contributed by atoms with Gasteiger partial charge in [0, 0.05) is 12.1 Å². The number of rotatable bonds is 3. The first-order valence-corrected chi connectivity index (χ1v) is 7.24. The zero-order valence-corrected chi connectivity index (χ0v) is 12.8. The van der Waals surface area contributed by atoms with Gasteiger partial charge in [-0.2, -0.15) is 0 Å². The SMILES string of the molecule is COC(=O)C1CCN(Cc2c(F)ccc(Br)c2F)CC1. The highest BCUT2D eigenvalue weighted by Crippen LogP contribution is 2.25. The lowest BCUT2D eigenvalue weighted by Crippen LogP contribution is -2.36. The lowest BCUT2D eigenvalue weighted by atomic mass is 9.96. The molecule has 0 unspecified atom stereocenters. The number of carbonyl (C=O) groups excluding carboxylic acids is 1. The highest BCUT2D eigenvalue weighted by Gasteiger charge is 2.26. The van der Waals surface area contributed by atoms with Gasteiger partial charge in [-0.15, -0.1) is 0 Å². The minimum atomic E-state index is -0.555. The number of esters is 1. The Morgan fingerprint density at radius 2 is 2.05 bits per heavy atom. The van der Waals surface area contributed by atoms with Crippen molar-refractivity contribution < 1.29 is 18.3 Å². The summed E-state index contributed by atoms with van der Waals surface area (Å²) in [6.07, 6.45) is 1.31. The van der Waals surface area contributed by atoms with Crippen molar-refractivity contribution >= 4 is 21.9 Å². The molecular formula is C14H16BrF2NO2. The van der Waals surface area contributed by atoms with Gasteiger partial charge < -0.3 is 4.74 Å². The molecule has 1 fully saturated rings. The van der Waals surface area contributed by atoms with Crippen molar-refractivity contribution in [3.8, 4) is 0 Å². The van der Waals surface area contributed by atoms with Crippen LogP contribution in [-0.4, -0.2) is 31.1 Å². The highest BCUT2D eigenvalue weighted by molar-refractivity contribution is 9.10. The molecule has 6 heteroatoms. The number of ether oxygens (including phenoxy) is 1. The molecule has 0 bridgehead atoms. The van der Waals surface area contributed by atoms with Crippen LogP contribution in [0.1, 0.15) is 18.4 Å². The van der Waals surface area contributed by atoms with Crippen LogP contribution in [0.15, 0.2) is 16.6 Å².